The van der Waals surface area contributed by atoms with E-state index in [4.69, 9.17) is 4.42 Å². The zero-order valence-corrected chi connectivity index (χ0v) is 10.9. The fraction of sp³-hybridized carbons (Fsp3) is 0.333. The van der Waals surface area contributed by atoms with E-state index in [1.54, 1.807) is 0 Å². The summed E-state index contributed by atoms with van der Waals surface area (Å²) in [6.45, 7) is 9.09. The predicted octanol–water partition coefficient (Wildman–Crippen LogP) is 4.13. The lowest BCUT2D eigenvalue weighted by molar-refractivity contribution is 0.490. The summed E-state index contributed by atoms with van der Waals surface area (Å²) in [5.41, 5.74) is 5.08. The van der Waals surface area contributed by atoms with Gasteiger partial charge in [-0.3, -0.25) is 0 Å². The largest absolute Gasteiger partial charge is 0.465 e. The average Bonchev–Trinajstić information content (AvgIpc) is 2.62. The third-order valence-corrected chi connectivity index (χ3v) is 2.91. The van der Waals surface area contributed by atoms with Crippen molar-refractivity contribution < 1.29 is 4.42 Å². The van der Waals surface area contributed by atoms with Crippen molar-refractivity contribution in [3.8, 4) is 0 Å². The van der Waals surface area contributed by atoms with E-state index in [2.05, 4.69) is 38.2 Å². The SMILES string of the molecule is Cc1cc(C)c(NCc2ccc(C)o2)c(C)c1. The van der Waals surface area contributed by atoms with Crippen molar-refractivity contribution in [1.82, 2.24) is 0 Å². The molecule has 1 N–H and O–H groups in total. The average molecular weight is 229 g/mol. The molecule has 0 radical (unpaired) electrons. The lowest BCUT2D eigenvalue weighted by atomic mass is 10.1. The third kappa shape index (κ3) is 2.70. The van der Waals surface area contributed by atoms with Gasteiger partial charge in [0, 0.05) is 5.69 Å². The van der Waals surface area contributed by atoms with Crippen molar-refractivity contribution in [1.29, 1.82) is 0 Å². The second kappa shape index (κ2) is 4.66. The van der Waals surface area contributed by atoms with Gasteiger partial charge in [0.25, 0.3) is 0 Å². The second-order valence-corrected chi connectivity index (χ2v) is 4.64. The number of rotatable bonds is 3. The first-order valence-corrected chi connectivity index (χ1v) is 5.93. The van der Waals surface area contributed by atoms with Gasteiger partial charge in [0.1, 0.15) is 11.5 Å². The molecule has 0 saturated carbocycles. The molecule has 1 aromatic carbocycles. The van der Waals surface area contributed by atoms with Gasteiger partial charge in [-0.05, 0) is 51.0 Å². The Hall–Kier alpha value is -1.70. The van der Waals surface area contributed by atoms with Gasteiger partial charge in [0.2, 0.25) is 0 Å². The van der Waals surface area contributed by atoms with Gasteiger partial charge >= 0.3 is 0 Å². The predicted molar refractivity (Wildman–Crippen MR) is 71.4 cm³/mol. The minimum absolute atomic E-state index is 0.735. The molecule has 2 aromatic rings. The normalized spacial score (nSPS) is 10.6. The molecule has 0 spiro atoms. The van der Waals surface area contributed by atoms with E-state index in [0.29, 0.717) is 0 Å². The topological polar surface area (TPSA) is 25.2 Å². The Morgan fingerprint density at radius 1 is 1.00 bits per heavy atom. The van der Waals surface area contributed by atoms with Gasteiger partial charge in [-0.25, -0.2) is 0 Å². The quantitative estimate of drug-likeness (QED) is 0.856. The van der Waals surface area contributed by atoms with Crippen molar-refractivity contribution in [2.24, 2.45) is 0 Å². The molecule has 0 atom stereocenters. The highest BCUT2D eigenvalue weighted by atomic mass is 16.3. The number of benzene rings is 1. The lowest BCUT2D eigenvalue weighted by Gasteiger charge is -2.12. The van der Waals surface area contributed by atoms with Crippen LogP contribution in [0, 0.1) is 27.7 Å². The number of hydrogen-bond acceptors (Lipinski definition) is 2. The zero-order chi connectivity index (χ0) is 12.4. The molecular weight excluding hydrogens is 210 g/mol. The van der Waals surface area contributed by atoms with E-state index in [0.717, 1.165) is 18.1 Å². The summed E-state index contributed by atoms with van der Waals surface area (Å²) >= 11 is 0. The van der Waals surface area contributed by atoms with E-state index in [1.807, 2.05) is 19.1 Å². The summed E-state index contributed by atoms with van der Waals surface area (Å²) in [6.07, 6.45) is 0. The lowest BCUT2D eigenvalue weighted by Crippen LogP contribution is -2.02. The second-order valence-electron chi connectivity index (χ2n) is 4.64. The fourth-order valence-electron chi connectivity index (χ4n) is 2.21. The van der Waals surface area contributed by atoms with Crippen LogP contribution in [0.5, 0.6) is 0 Å². The molecule has 0 unspecified atom stereocenters. The van der Waals surface area contributed by atoms with Crippen LogP contribution in [0.2, 0.25) is 0 Å². The molecule has 0 fully saturated rings. The van der Waals surface area contributed by atoms with Gasteiger partial charge in [-0.2, -0.15) is 0 Å². The summed E-state index contributed by atoms with van der Waals surface area (Å²) in [7, 11) is 0. The number of anilines is 1. The Bertz CT molecular complexity index is 502. The zero-order valence-electron chi connectivity index (χ0n) is 10.9. The first-order valence-electron chi connectivity index (χ1n) is 5.93. The van der Waals surface area contributed by atoms with E-state index >= 15 is 0 Å². The summed E-state index contributed by atoms with van der Waals surface area (Å²) < 4.78 is 5.55. The van der Waals surface area contributed by atoms with Gasteiger partial charge < -0.3 is 9.73 Å². The summed E-state index contributed by atoms with van der Waals surface area (Å²) in [6, 6.07) is 8.40. The first kappa shape index (κ1) is 11.8. The van der Waals surface area contributed by atoms with Gasteiger partial charge in [0.15, 0.2) is 0 Å². The summed E-state index contributed by atoms with van der Waals surface area (Å²) in [4.78, 5) is 0. The molecule has 0 aliphatic carbocycles. The Morgan fingerprint density at radius 2 is 1.65 bits per heavy atom. The molecule has 90 valence electrons. The molecule has 0 aliphatic rings. The number of hydrogen-bond donors (Lipinski definition) is 1. The number of aryl methyl sites for hydroxylation is 4. The molecule has 2 rings (SSSR count). The Balaban J connectivity index is 2.14. The van der Waals surface area contributed by atoms with E-state index in [-0.39, 0.29) is 0 Å². The molecular formula is C15H19NO. The van der Waals surface area contributed by atoms with Gasteiger partial charge in [0.05, 0.1) is 6.54 Å². The fourth-order valence-corrected chi connectivity index (χ4v) is 2.21. The standard InChI is InChI=1S/C15H19NO/c1-10-7-11(2)15(12(3)8-10)16-9-14-6-5-13(4)17-14/h5-8,16H,9H2,1-4H3. The highest BCUT2D eigenvalue weighted by molar-refractivity contribution is 5.58. The van der Waals surface area contributed by atoms with E-state index < -0.39 is 0 Å². The Morgan fingerprint density at radius 3 is 2.18 bits per heavy atom. The minimum Gasteiger partial charge on any atom is -0.465 e. The minimum atomic E-state index is 0.735. The maximum atomic E-state index is 5.55. The molecule has 0 saturated heterocycles. The van der Waals surface area contributed by atoms with Crippen molar-refractivity contribution in [2.75, 3.05) is 5.32 Å². The van der Waals surface area contributed by atoms with Crippen LogP contribution in [0.15, 0.2) is 28.7 Å². The van der Waals surface area contributed by atoms with Crippen LogP contribution in [0.25, 0.3) is 0 Å². The van der Waals surface area contributed by atoms with E-state index in [1.165, 1.54) is 22.4 Å². The van der Waals surface area contributed by atoms with Crippen molar-refractivity contribution in [2.45, 2.75) is 34.2 Å². The van der Waals surface area contributed by atoms with Crippen LogP contribution in [0.3, 0.4) is 0 Å². The Kier molecular flexibility index (Phi) is 3.23. The van der Waals surface area contributed by atoms with Crippen molar-refractivity contribution in [3.05, 3.63) is 52.5 Å². The molecule has 1 heterocycles. The molecule has 0 amide bonds. The van der Waals surface area contributed by atoms with Crippen LogP contribution in [0.1, 0.15) is 28.2 Å². The van der Waals surface area contributed by atoms with Crippen LogP contribution in [0.4, 0.5) is 5.69 Å². The smallest absolute Gasteiger partial charge is 0.123 e. The van der Waals surface area contributed by atoms with Crippen molar-refractivity contribution in [3.63, 3.8) is 0 Å². The third-order valence-electron chi connectivity index (χ3n) is 2.91. The Labute approximate surface area is 103 Å². The van der Waals surface area contributed by atoms with Crippen molar-refractivity contribution >= 4 is 5.69 Å². The highest BCUT2D eigenvalue weighted by Gasteiger charge is 2.04. The van der Waals surface area contributed by atoms with Crippen LogP contribution in [-0.2, 0) is 6.54 Å². The molecule has 1 aromatic heterocycles. The molecule has 2 nitrogen and oxygen atoms in total. The number of nitrogens with one attached hydrogen (secondary N) is 1. The summed E-state index contributed by atoms with van der Waals surface area (Å²) in [5, 5.41) is 3.44. The van der Waals surface area contributed by atoms with E-state index in [9.17, 15) is 0 Å². The highest BCUT2D eigenvalue weighted by Crippen LogP contribution is 2.22. The van der Waals surface area contributed by atoms with Gasteiger partial charge in [-0.1, -0.05) is 17.7 Å². The molecule has 2 heteroatoms. The van der Waals surface area contributed by atoms with Crippen LogP contribution >= 0.6 is 0 Å². The first-order chi connectivity index (χ1) is 8.06. The van der Waals surface area contributed by atoms with Gasteiger partial charge in [-0.15, -0.1) is 0 Å². The maximum absolute atomic E-state index is 5.55. The monoisotopic (exact) mass is 229 g/mol. The van der Waals surface area contributed by atoms with Crippen LogP contribution < -0.4 is 5.32 Å². The summed E-state index contributed by atoms with van der Waals surface area (Å²) in [5.74, 6) is 1.93. The number of furan rings is 1. The van der Waals surface area contributed by atoms with Crippen LogP contribution in [-0.4, -0.2) is 0 Å². The molecule has 17 heavy (non-hydrogen) atoms. The molecule has 0 aliphatic heterocycles. The maximum Gasteiger partial charge on any atom is 0.123 e. The molecule has 0 bridgehead atoms.